The number of alkyl halides is 4. The highest BCUT2D eigenvalue weighted by Gasteiger charge is 2.44. The number of aromatic amines is 3. The molecular formula is C40H32ClF3N8O6. The lowest BCUT2D eigenvalue weighted by atomic mass is 9.95. The van der Waals surface area contributed by atoms with Gasteiger partial charge in [0.2, 0.25) is 0 Å². The summed E-state index contributed by atoms with van der Waals surface area (Å²) in [4.78, 5) is 71.1. The highest BCUT2D eigenvalue weighted by Crippen LogP contribution is 2.49. The van der Waals surface area contributed by atoms with E-state index in [0.29, 0.717) is 42.8 Å². The van der Waals surface area contributed by atoms with Crippen LogP contribution in [-0.2, 0) is 6.18 Å². The average Bonchev–Trinajstić information content (AvgIpc) is 3.98. The third-order valence-corrected chi connectivity index (χ3v) is 11.2. The topological polar surface area (TPSA) is 180 Å². The summed E-state index contributed by atoms with van der Waals surface area (Å²) in [6.45, 7) is 1.56. The first kappa shape index (κ1) is 37.0. The molecule has 9 rings (SSSR count). The van der Waals surface area contributed by atoms with Gasteiger partial charge in [0.1, 0.15) is 17.1 Å². The Hall–Kier alpha value is -6.59. The highest BCUT2D eigenvalue weighted by atomic mass is 35.5. The molecule has 3 amide bonds. The molecule has 3 aromatic carbocycles. The van der Waals surface area contributed by atoms with Gasteiger partial charge in [-0.05, 0) is 49.0 Å². The molecule has 6 heterocycles. The number of carboxylic acid groups (broad SMARTS) is 1. The quantitative estimate of drug-likeness (QED) is 0.108. The first-order chi connectivity index (χ1) is 27.8. The number of anilines is 2. The van der Waals surface area contributed by atoms with Gasteiger partial charge in [-0.3, -0.25) is 9.59 Å². The summed E-state index contributed by atoms with van der Waals surface area (Å²) in [5.74, 6) is -4.26. The van der Waals surface area contributed by atoms with Crippen LogP contribution in [0.1, 0.15) is 48.5 Å². The van der Waals surface area contributed by atoms with Crippen molar-refractivity contribution in [3.63, 3.8) is 0 Å². The largest absolute Gasteiger partial charge is 0.478 e. The van der Waals surface area contributed by atoms with Crippen LogP contribution in [0.2, 0.25) is 0 Å². The van der Waals surface area contributed by atoms with E-state index < -0.39 is 47.2 Å². The summed E-state index contributed by atoms with van der Waals surface area (Å²) in [5.41, 5.74) is 0.138. The minimum absolute atomic E-state index is 0.0471. The summed E-state index contributed by atoms with van der Waals surface area (Å²) in [6.07, 6.45) is -4.36. The van der Waals surface area contributed by atoms with Crippen LogP contribution in [0.25, 0.3) is 43.6 Å². The van der Waals surface area contributed by atoms with Crippen LogP contribution in [0.4, 0.5) is 29.3 Å². The Morgan fingerprint density at radius 3 is 2.47 bits per heavy atom. The van der Waals surface area contributed by atoms with E-state index in [1.165, 1.54) is 15.9 Å². The van der Waals surface area contributed by atoms with Crippen LogP contribution < -0.4 is 15.0 Å². The van der Waals surface area contributed by atoms with E-state index >= 15 is 0 Å². The van der Waals surface area contributed by atoms with E-state index in [1.54, 1.807) is 36.5 Å². The lowest BCUT2D eigenvalue weighted by Gasteiger charge is -2.31. The zero-order valence-corrected chi connectivity index (χ0v) is 31.2. The number of aromatic carboxylic acids is 1. The number of nitrogens with one attached hydrogen (secondary N) is 4. The van der Waals surface area contributed by atoms with E-state index in [2.05, 4.69) is 25.3 Å². The predicted molar refractivity (Wildman–Crippen MR) is 210 cm³/mol. The number of halogens is 4. The number of H-pyrrole nitrogens is 3. The summed E-state index contributed by atoms with van der Waals surface area (Å²) < 4.78 is 48.8. The Morgan fingerprint density at radius 1 is 0.948 bits per heavy atom. The van der Waals surface area contributed by atoms with Crippen LogP contribution in [0.5, 0.6) is 5.75 Å². The fraction of sp³-hybridized carbons (Fsp3) is 0.225. The van der Waals surface area contributed by atoms with Crippen LogP contribution >= 0.6 is 11.6 Å². The number of likely N-dealkylation sites (N-methyl/N-ethyl adjacent to an activating group) is 1. The van der Waals surface area contributed by atoms with Crippen molar-refractivity contribution in [2.75, 3.05) is 55.9 Å². The molecule has 0 bridgehead atoms. The first-order valence-electron chi connectivity index (χ1n) is 18.2. The van der Waals surface area contributed by atoms with Gasteiger partial charge in [-0.2, -0.15) is 13.2 Å². The van der Waals surface area contributed by atoms with Crippen molar-refractivity contribution < 1.29 is 42.2 Å². The molecular weight excluding hydrogens is 781 g/mol. The number of nitrogens with zero attached hydrogens (tertiary/aromatic N) is 4. The van der Waals surface area contributed by atoms with Gasteiger partial charge in [-0.15, -0.1) is 11.6 Å². The number of fused-ring (bicyclic) bond motifs is 7. The van der Waals surface area contributed by atoms with Gasteiger partial charge in [-0.25, -0.2) is 14.6 Å². The summed E-state index contributed by atoms with van der Waals surface area (Å²) >= 11 is 6.37. The van der Waals surface area contributed by atoms with Crippen molar-refractivity contribution in [1.82, 2.24) is 29.7 Å². The number of benzene rings is 3. The number of carbonyl (C=O) groups is 4. The third-order valence-electron chi connectivity index (χ3n) is 10.8. The number of ether oxygens (including phenoxy) is 1. The van der Waals surface area contributed by atoms with Crippen LogP contribution in [0.3, 0.4) is 0 Å². The number of amides is 3. The third kappa shape index (κ3) is 6.22. The molecule has 1 saturated heterocycles. The maximum atomic E-state index is 14.4. The van der Waals surface area contributed by atoms with Gasteiger partial charge < -0.3 is 44.8 Å². The van der Waals surface area contributed by atoms with Crippen molar-refractivity contribution in [3.8, 4) is 5.75 Å². The molecule has 4 aromatic heterocycles. The Labute approximate surface area is 330 Å². The molecule has 0 saturated carbocycles. The van der Waals surface area contributed by atoms with Crippen LogP contribution in [0, 0.1) is 0 Å². The average molecular weight is 813 g/mol. The number of carboxylic acids is 1. The highest BCUT2D eigenvalue weighted by molar-refractivity contribution is 6.20. The maximum Gasteiger partial charge on any atom is 0.432 e. The van der Waals surface area contributed by atoms with Crippen molar-refractivity contribution in [2.45, 2.75) is 12.1 Å². The second-order valence-electron chi connectivity index (χ2n) is 14.4. The minimum Gasteiger partial charge on any atom is -0.478 e. The zero-order chi connectivity index (χ0) is 40.6. The number of aromatic nitrogens is 4. The lowest BCUT2D eigenvalue weighted by Crippen LogP contribution is -2.48. The predicted octanol–water partition coefficient (Wildman–Crippen LogP) is 7.38. The molecule has 296 valence electrons. The molecule has 14 nitrogen and oxygen atoms in total. The number of piperazine rings is 1. The van der Waals surface area contributed by atoms with Crippen LogP contribution in [-0.4, -0.2) is 104 Å². The Balaban J connectivity index is 1.06. The standard InChI is InChI=1S/C40H32ClF3N8O6/c1-50-8-10-51(11-9-50)39(57)58-30-15-29-31(32-33(38(55)56)35(40(42,43)44)49-34(30)32)20(16-41)18-52(29)37(54)27-13-19-12-21(6-7-24(19)47-27)46-36(53)26-14-23-22-4-2-3-5-25(22)48-28(23)17-45-26/h2-7,12-15,17,20,47-49H,8-11,16,18H2,1H3,(H,46,53)(H,55,56)/t20-/m1/s1. The van der Waals surface area contributed by atoms with Gasteiger partial charge in [0.25, 0.3) is 11.8 Å². The molecule has 2 aliphatic rings. The van der Waals surface area contributed by atoms with E-state index in [9.17, 15) is 37.5 Å². The van der Waals surface area contributed by atoms with Gasteiger partial charge in [0.15, 0.2) is 5.75 Å². The fourth-order valence-electron chi connectivity index (χ4n) is 7.92. The second-order valence-corrected chi connectivity index (χ2v) is 14.7. The summed E-state index contributed by atoms with van der Waals surface area (Å²) in [7, 11) is 1.88. The number of hydrogen-bond acceptors (Lipinski definition) is 7. The number of carbonyl (C=O) groups excluding carboxylic acids is 3. The number of para-hydroxylation sites is 1. The van der Waals surface area contributed by atoms with Crippen molar-refractivity contribution in [2.24, 2.45) is 0 Å². The second kappa shape index (κ2) is 13.8. The maximum absolute atomic E-state index is 14.4. The number of hydrogen-bond donors (Lipinski definition) is 5. The van der Waals surface area contributed by atoms with E-state index in [4.69, 9.17) is 16.3 Å². The normalized spacial score (nSPS) is 16.1. The summed E-state index contributed by atoms with van der Waals surface area (Å²) in [5, 5.41) is 15.0. The SMILES string of the molecule is CN1CCN(C(=O)Oc2cc3c(c4c(C(=O)O)c(C(F)(F)F)[nH]c24)[C@H](CCl)CN3C(=O)c2cc3cc(NC(=O)c4cc5c(cn4)[nH]c4ccccc45)ccc3[nH]2)CC1. The molecule has 58 heavy (non-hydrogen) atoms. The Kier molecular flexibility index (Phi) is 8.81. The molecule has 1 atom stereocenters. The van der Waals surface area contributed by atoms with Gasteiger partial charge in [0, 0.05) is 88.9 Å². The smallest absolute Gasteiger partial charge is 0.432 e. The van der Waals surface area contributed by atoms with Crippen LogP contribution in [0.15, 0.2) is 66.9 Å². The lowest BCUT2D eigenvalue weighted by molar-refractivity contribution is -0.141. The molecule has 0 radical (unpaired) electrons. The molecule has 7 aromatic rings. The monoisotopic (exact) mass is 812 g/mol. The molecule has 1 fully saturated rings. The summed E-state index contributed by atoms with van der Waals surface area (Å²) in [6, 6.07) is 17.2. The van der Waals surface area contributed by atoms with E-state index in [-0.39, 0.29) is 51.7 Å². The molecule has 2 aliphatic heterocycles. The Bertz CT molecular complexity index is 2860. The van der Waals surface area contributed by atoms with Crippen molar-refractivity contribution >= 4 is 90.5 Å². The fourth-order valence-corrected chi connectivity index (χ4v) is 8.17. The van der Waals surface area contributed by atoms with E-state index in [1.807, 2.05) is 36.2 Å². The van der Waals surface area contributed by atoms with Gasteiger partial charge in [0.05, 0.1) is 28.5 Å². The zero-order valence-electron chi connectivity index (χ0n) is 30.5. The van der Waals surface area contributed by atoms with Gasteiger partial charge >= 0.3 is 18.2 Å². The molecule has 0 unspecified atom stereocenters. The molecule has 18 heteroatoms. The van der Waals surface area contributed by atoms with Crippen molar-refractivity contribution in [3.05, 3.63) is 95.1 Å². The first-order valence-corrected chi connectivity index (χ1v) is 18.7. The number of rotatable bonds is 6. The minimum atomic E-state index is -5.12. The molecule has 0 aliphatic carbocycles. The molecule has 0 spiro atoms. The van der Waals surface area contributed by atoms with Gasteiger partial charge in [-0.1, -0.05) is 18.2 Å². The van der Waals surface area contributed by atoms with E-state index in [0.717, 1.165) is 21.8 Å². The number of pyridine rings is 1. The van der Waals surface area contributed by atoms with Crippen molar-refractivity contribution in [1.29, 1.82) is 0 Å². The Morgan fingerprint density at radius 2 is 1.72 bits per heavy atom. The molecule has 5 N–H and O–H groups in total.